The van der Waals surface area contributed by atoms with Crippen LogP contribution in [0, 0.1) is 0 Å². The number of nitrogens with zero attached hydrogens (tertiary/aromatic N) is 4. The average molecular weight is 667 g/mol. The zero-order valence-electron chi connectivity index (χ0n) is 26.5. The lowest BCUT2D eigenvalue weighted by Gasteiger charge is -2.35. The number of fused-ring (bicyclic) bond motifs is 1. The largest absolute Gasteiger partial charge is 0.480 e. The van der Waals surface area contributed by atoms with E-state index in [9.17, 15) is 27.9 Å². The number of amides is 2. The van der Waals surface area contributed by atoms with Crippen LogP contribution in [0.25, 0.3) is 10.8 Å². The van der Waals surface area contributed by atoms with Gasteiger partial charge in [0.1, 0.15) is 18.1 Å². The molecule has 3 atom stereocenters. The fourth-order valence-electron chi connectivity index (χ4n) is 5.73. The summed E-state index contributed by atoms with van der Waals surface area (Å²) in [6, 6.07) is 10.3. The molecule has 4 rings (SSSR count). The maximum Gasteiger partial charge on any atom is 0.326 e. The third kappa shape index (κ3) is 8.74. The lowest BCUT2D eigenvalue weighted by atomic mass is 10.0. The zero-order valence-corrected chi connectivity index (χ0v) is 27.3. The van der Waals surface area contributed by atoms with Crippen molar-refractivity contribution >= 4 is 50.2 Å². The van der Waals surface area contributed by atoms with E-state index in [2.05, 4.69) is 20.6 Å². The molecular formula is C32H42N8O6S. The summed E-state index contributed by atoms with van der Waals surface area (Å²) >= 11 is 0. The SMILES string of the molecule is CN(C)c1cccc2c(S(=O)(=O)N3CCCC[C@H]3C(=O)N[C@@H](Cc3ccncc3)C(=O)N[C@@H](CCCN=C(N)N)C(=O)O)cccc12. The van der Waals surface area contributed by atoms with Gasteiger partial charge in [-0.3, -0.25) is 19.6 Å². The Morgan fingerprint density at radius 1 is 1.02 bits per heavy atom. The molecule has 252 valence electrons. The van der Waals surface area contributed by atoms with Crippen LogP contribution in [-0.4, -0.2) is 91.9 Å². The number of carbonyl (C=O) groups excluding carboxylic acids is 2. The molecule has 1 aromatic heterocycles. The second-order valence-electron chi connectivity index (χ2n) is 11.6. The monoisotopic (exact) mass is 666 g/mol. The maximum absolute atomic E-state index is 14.3. The number of hydrogen-bond donors (Lipinski definition) is 5. The minimum atomic E-state index is -4.15. The highest BCUT2D eigenvalue weighted by Crippen LogP contribution is 2.34. The van der Waals surface area contributed by atoms with Gasteiger partial charge in [0.25, 0.3) is 0 Å². The highest BCUT2D eigenvalue weighted by atomic mass is 32.2. The third-order valence-electron chi connectivity index (χ3n) is 8.07. The van der Waals surface area contributed by atoms with E-state index in [1.54, 1.807) is 36.4 Å². The first-order chi connectivity index (χ1) is 22.4. The number of nitrogens with one attached hydrogen (secondary N) is 2. The molecular weight excluding hydrogens is 624 g/mol. The van der Waals surface area contributed by atoms with Crippen molar-refractivity contribution in [3.8, 4) is 0 Å². The smallest absolute Gasteiger partial charge is 0.326 e. The standard InChI is InChI=1S/C32H42N8O6S/c1-39(2)26-12-5-9-23-22(26)8-6-13-28(23)47(45,46)40-19-4-3-11-27(40)30(42)38-25(20-21-14-17-35-18-15-21)29(41)37-24(31(43)44)10-7-16-36-32(33)34/h5-6,8-9,12-15,17-18,24-25,27H,3-4,7,10-11,16,19-20H2,1-2H3,(H,37,41)(H,38,42)(H,43,44)(H4,33,34,36)/t24-,25-,27-/m0/s1. The molecule has 0 radical (unpaired) electrons. The van der Waals surface area contributed by atoms with E-state index in [1.807, 2.05) is 31.1 Å². The molecule has 0 unspecified atom stereocenters. The number of aliphatic imine (C=N–C) groups is 1. The van der Waals surface area contributed by atoms with Crippen molar-refractivity contribution in [2.45, 2.75) is 61.5 Å². The molecule has 1 aliphatic rings. The van der Waals surface area contributed by atoms with Crippen LogP contribution < -0.4 is 27.0 Å². The van der Waals surface area contributed by atoms with Gasteiger partial charge in [0.05, 0.1) is 4.90 Å². The number of hydrogen-bond acceptors (Lipinski definition) is 8. The van der Waals surface area contributed by atoms with Gasteiger partial charge in [0.2, 0.25) is 21.8 Å². The topological polar surface area (TPSA) is 213 Å². The Bertz CT molecular complexity index is 1710. The lowest BCUT2D eigenvalue weighted by molar-refractivity contribution is -0.142. The molecule has 0 saturated carbocycles. The quantitative estimate of drug-likeness (QED) is 0.0942. The predicted octanol–water partition coefficient (Wildman–Crippen LogP) is 1.19. The summed E-state index contributed by atoms with van der Waals surface area (Å²) in [5, 5.41) is 16.3. The lowest BCUT2D eigenvalue weighted by Crippen LogP contribution is -2.58. The van der Waals surface area contributed by atoms with Gasteiger partial charge in [-0.1, -0.05) is 30.7 Å². The van der Waals surface area contributed by atoms with Crippen molar-refractivity contribution in [1.82, 2.24) is 19.9 Å². The van der Waals surface area contributed by atoms with Crippen LogP contribution in [0.5, 0.6) is 0 Å². The van der Waals surface area contributed by atoms with Crippen LogP contribution in [-0.2, 0) is 30.8 Å². The fraction of sp³-hybridized carbons (Fsp3) is 0.406. The van der Waals surface area contributed by atoms with E-state index < -0.39 is 45.9 Å². The Balaban J connectivity index is 1.60. The first kappa shape index (κ1) is 35.1. The van der Waals surface area contributed by atoms with Gasteiger partial charge in [0.15, 0.2) is 5.96 Å². The molecule has 2 aromatic carbocycles. The van der Waals surface area contributed by atoms with Crippen molar-refractivity contribution in [2.75, 3.05) is 32.1 Å². The normalized spacial score (nSPS) is 16.5. The van der Waals surface area contributed by atoms with Crippen LogP contribution in [0.4, 0.5) is 5.69 Å². The van der Waals surface area contributed by atoms with Gasteiger partial charge < -0.3 is 32.1 Å². The van der Waals surface area contributed by atoms with Gasteiger partial charge in [-0.2, -0.15) is 4.31 Å². The van der Waals surface area contributed by atoms with Crippen molar-refractivity contribution in [2.24, 2.45) is 16.5 Å². The molecule has 2 amide bonds. The van der Waals surface area contributed by atoms with Crippen molar-refractivity contribution in [1.29, 1.82) is 0 Å². The second-order valence-corrected chi connectivity index (χ2v) is 13.5. The van der Waals surface area contributed by atoms with E-state index in [0.717, 1.165) is 11.1 Å². The summed E-state index contributed by atoms with van der Waals surface area (Å²) in [6.45, 7) is 0.306. The van der Waals surface area contributed by atoms with E-state index in [-0.39, 0.29) is 49.6 Å². The number of anilines is 1. The van der Waals surface area contributed by atoms with Gasteiger partial charge in [-0.15, -0.1) is 0 Å². The number of aliphatic carboxylic acids is 1. The van der Waals surface area contributed by atoms with Crippen molar-refractivity contribution in [3.05, 3.63) is 66.5 Å². The molecule has 2 heterocycles. The van der Waals surface area contributed by atoms with Crippen molar-refractivity contribution < 1.29 is 27.9 Å². The van der Waals surface area contributed by atoms with E-state index in [1.165, 1.54) is 16.7 Å². The predicted molar refractivity (Wildman–Crippen MR) is 179 cm³/mol. The number of carboxylic acid groups (broad SMARTS) is 1. The maximum atomic E-state index is 14.3. The molecule has 1 fully saturated rings. The van der Waals surface area contributed by atoms with Crippen LogP contribution in [0.2, 0.25) is 0 Å². The number of sulfonamides is 1. The minimum Gasteiger partial charge on any atom is -0.480 e. The number of carbonyl (C=O) groups is 3. The number of piperidine rings is 1. The van der Waals surface area contributed by atoms with Gasteiger partial charge in [-0.05, 0) is 55.5 Å². The molecule has 7 N–H and O–H groups in total. The zero-order chi connectivity index (χ0) is 34.1. The molecule has 1 saturated heterocycles. The molecule has 0 bridgehead atoms. The summed E-state index contributed by atoms with van der Waals surface area (Å²) in [7, 11) is -0.391. The number of guanidine groups is 1. The van der Waals surface area contributed by atoms with Crippen LogP contribution >= 0.6 is 0 Å². The highest BCUT2D eigenvalue weighted by Gasteiger charge is 2.40. The number of nitrogens with two attached hydrogens (primary N) is 2. The first-order valence-electron chi connectivity index (χ1n) is 15.4. The molecule has 47 heavy (non-hydrogen) atoms. The summed E-state index contributed by atoms with van der Waals surface area (Å²) in [5.41, 5.74) is 12.2. The molecule has 15 heteroatoms. The van der Waals surface area contributed by atoms with Gasteiger partial charge in [0, 0.05) is 62.5 Å². The summed E-state index contributed by atoms with van der Waals surface area (Å²) in [5.74, 6) is -2.75. The fourth-order valence-corrected chi connectivity index (χ4v) is 7.59. The Morgan fingerprint density at radius 3 is 2.40 bits per heavy atom. The van der Waals surface area contributed by atoms with Gasteiger partial charge in [-0.25, -0.2) is 13.2 Å². The number of aromatic nitrogens is 1. The second kappa shape index (κ2) is 15.7. The Kier molecular flexibility index (Phi) is 11.7. The number of pyridine rings is 1. The summed E-state index contributed by atoms with van der Waals surface area (Å²) < 4.78 is 29.7. The first-order valence-corrected chi connectivity index (χ1v) is 16.8. The molecule has 3 aromatic rings. The van der Waals surface area contributed by atoms with E-state index >= 15 is 0 Å². The molecule has 14 nitrogen and oxygen atoms in total. The Hall–Kier alpha value is -4.76. The highest BCUT2D eigenvalue weighted by molar-refractivity contribution is 7.89. The number of benzene rings is 2. The molecule has 1 aliphatic heterocycles. The van der Waals surface area contributed by atoms with E-state index in [0.29, 0.717) is 23.8 Å². The third-order valence-corrected chi connectivity index (χ3v) is 10.0. The van der Waals surface area contributed by atoms with Crippen LogP contribution in [0.3, 0.4) is 0 Å². The molecule has 0 spiro atoms. The minimum absolute atomic E-state index is 0.0243. The molecule has 0 aliphatic carbocycles. The number of carboxylic acids is 1. The average Bonchev–Trinajstić information content (AvgIpc) is 3.05. The van der Waals surface area contributed by atoms with E-state index in [4.69, 9.17) is 11.5 Å². The van der Waals surface area contributed by atoms with Crippen molar-refractivity contribution in [3.63, 3.8) is 0 Å². The van der Waals surface area contributed by atoms with Crippen LogP contribution in [0.15, 0.2) is 70.8 Å². The van der Waals surface area contributed by atoms with Gasteiger partial charge >= 0.3 is 5.97 Å². The Labute approximate surface area is 274 Å². The Morgan fingerprint density at radius 2 is 1.72 bits per heavy atom. The number of rotatable bonds is 14. The van der Waals surface area contributed by atoms with Crippen LogP contribution in [0.1, 0.15) is 37.7 Å². The summed E-state index contributed by atoms with van der Waals surface area (Å²) in [4.78, 5) is 49.3. The summed E-state index contributed by atoms with van der Waals surface area (Å²) in [6.07, 6.45) is 4.87.